The van der Waals surface area contributed by atoms with E-state index in [1.165, 1.54) is 22.3 Å². The third kappa shape index (κ3) is 4.97. The molecule has 0 N–H and O–H groups in total. The Morgan fingerprint density at radius 1 is 0.698 bits per heavy atom. The van der Waals surface area contributed by atoms with E-state index in [1.807, 2.05) is 41.2 Å². The minimum atomic E-state index is 0. The van der Waals surface area contributed by atoms with Gasteiger partial charge in [0, 0.05) is 34.5 Å². The number of nitrogens with zero attached hydrogens (tertiary/aromatic N) is 4. The molecule has 5 nitrogen and oxygen atoms in total. The molecule has 0 bridgehead atoms. The smallest absolute Gasteiger partial charge is 0.509 e. The van der Waals surface area contributed by atoms with Crippen LogP contribution < -0.4 is 4.74 Å². The molecular formula is C37H30N4OPd. The van der Waals surface area contributed by atoms with Crippen molar-refractivity contribution in [2.24, 2.45) is 0 Å². The zero-order valence-corrected chi connectivity index (χ0v) is 26.2. The van der Waals surface area contributed by atoms with Gasteiger partial charge in [0.05, 0.1) is 5.69 Å². The molecule has 214 valence electrons. The van der Waals surface area contributed by atoms with Crippen LogP contribution in [0.25, 0.3) is 44.4 Å². The number of rotatable bonds is 5. The number of benzene rings is 4. The normalized spacial score (nSPS) is 11.2. The van der Waals surface area contributed by atoms with E-state index in [0.717, 1.165) is 50.3 Å². The van der Waals surface area contributed by atoms with Crippen molar-refractivity contribution in [3.63, 3.8) is 0 Å². The van der Waals surface area contributed by atoms with E-state index >= 15 is 0 Å². The summed E-state index contributed by atoms with van der Waals surface area (Å²) in [7, 11) is 0. The molecule has 0 aliphatic carbocycles. The number of para-hydroxylation sites is 1. The van der Waals surface area contributed by atoms with Gasteiger partial charge in [-0.3, -0.25) is 4.68 Å². The van der Waals surface area contributed by atoms with Crippen LogP contribution in [0.3, 0.4) is 0 Å². The van der Waals surface area contributed by atoms with Crippen molar-refractivity contribution in [2.75, 3.05) is 0 Å². The second-order valence-electron chi connectivity index (χ2n) is 10.9. The summed E-state index contributed by atoms with van der Waals surface area (Å²) >= 11 is 0. The SMILES string of the molecule is Cc1ccnc(-n2c3[c-]c(Oc4[c-]c(-n5nc(C)c(-c6c(C)cccc6C)c5C)ccc4)ccc3c3ccccc32)c1.[Pd+2]. The molecule has 0 amide bonds. The molecule has 0 saturated carbocycles. The Labute approximate surface area is 265 Å². The molecule has 0 aliphatic heterocycles. The van der Waals surface area contributed by atoms with Crippen LogP contribution in [0.2, 0.25) is 0 Å². The van der Waals surface area contributed by atoms with Crippen LogP contribution >= 0.6 is 0 Å². The van der Waals surface area contributed by atoms with Crippen molar-refractivity contribution < 1.29 is 25.2 Å². The largest absolute Gasteiger partial charge is 2.00 e. The Bertz CT molecular complexity index is 2120. The molecule has 7 aromatic rings. The second kappa shape index (κ2) is 11.3. The van der Waals surface area contributed by atoms with Crippen molar-refractivity contribution in [3.8, 4) is 34.1 Å². The maximum absolute atomic E-state index is 6.37. The summed E-state index contributed by atoms with van der Waals surface area (Å²) in [5.74, 6) is 2.06. The van der Waals surface area contributed by atoms with Crippen LogP contribution in [0.1, 0.15) is 28.1 Å². The van der Waals surface area contributed by atoms with Gasteiger partial charge in [0.25, 0.3) is 0 Å². The maximum atomic E-state index is 6.37. The van der Waals surface area contributed by atoms with Crippen molar-refractivity contribution >= 4 is 21.8 Å². The quantitative estimate of drug-likeness (QED) is 0.138. The molecule has 0 radical (unpaired) electrons. The van der Waals surface area contributed by atoms with E-state index in [2.05, 4.69) is 111 Å². The van der Waals surface area contributed by atoms with Crippen molar-refractivity contribution in [3.05, 3.63) is 131 Å². The predicted octanol–water partition coefficient (Wildman–Crippen LogP) is 8.96. The minimum Gasteiger partial charge on any atom is -0.509 e. The molecular weight excluding hydrogens is 623 g/mol. The fraction of sp³-hybridized carbons (Fsp3) is 0.135. The van der Waals surface area contributed by atoms with E-state index < -0.39 is 0 Å². The van der Waals surface area contributed by atoms with Gasteiger partial charge >= 0.3 is 20.4 Å². The van der Waals surface area contributed by atoms with Gasteiger partial charge in [-0.1, -0.05) is 41.9 Å². The van der Waals surface area contributed by atoms with Crippen LogP contribution in [-0.2, 0) is 20.4 Å². The first-order valence-corrected chi connectivity index (χ1v) is 14.1. The third-order valence-corrected chi connectivity index (χ3v) is 7.91. The van der Waals surface area contributed by atoms with Gasteiger partial charge in [0.1, 0.15) is 5.82 Å². The number of fused-ring (bicyclic) bond motifs is 3. The molecule has 6 heteroatoms. The Morgan fingerprint density at radius 2 is 1.44 bits per heavy atom. The standard InChI is InChI=1S/C37H30N4O.Pd/c1-23-18-19-38-35(20-23)40-33-15-7-6-14-31(33)32-17-16-30(22-34(32)40)42-29-13-9-12-28(21-29)41-27(5)37(26(4)39-41)36-24(2)10-8-11-25(36)3;/h6-20H,1-5H3;/q-2;+2. The molecule has 7 rings (SSSR count). The maximum Gasteiger partial charge on any atom is 2.00 e. The molecule has 0 spiro atoms. The first-order chi connectivity index (χ1) is 20.4. The third-order valence-electron chi connectivity index (χ3n) is 7.91. The zero-order valence-electron chi connectivity index (χ0n) is 24.7. The predicted molar refractivity (Wildman–Crippen MR) is 169 cm³/mol. The molecule has 0 atom stereocenters. The molecule has 0 unspecified atom stereocenters. The Balaban J connectivity index is 0.00000329. The average molecular weight is 653 g/mol. The van der Waals surface area contributed by atoms with Gasteiger partial charge < -0.3 is 9.30 Å². The van der Waals surface area contributed by atoms with E-state index in [9.17, 15) is 0 Å². The zero-order chi connectivity index (χ0) is 29.0. The Kier molecular flexibility index (Phi) is 7.52. The van der Waals surface area contributed by atoms with E-state index in [4.69, 9.17) is 9.84 Å². The minimum absolute atomic E-state index is 0. The van der Waals surface area contributed by atoms with E-state index in [-0.39, 0.29) is 20.4 Å². The molecule has 3 aromatic heterocycles. The fourth-order valence-electron chi connectivity index (χ4n) is 6.00. The Hall–Kier alpha value is -4.50. The number of aromatic nitrogens is 4. The van der Waals surface area contributed by atoms with Gasteiger partial charge in [-0.25, -0.2) is 4.98 Å². The monoisotopic (exact) mass is 652 g/mol. The number of ether oxygens (including phenoxy) is 1. The molecule has 0 fully saturated rings. The topological polar surface area (TPSA) is 44.9 Å². The molecule has 43 heavy (non-hydrogen) atoms. The Morgan fingerprint density at radius 3 is 2.23 bits per heavy atom. The molecule has 4 aromatic carbocycles. The van der Waals surface area contributed by atoms with Crippen LogP contribution in [0.15, 0.2) is 91.1 Å². The second-order valence-corrected chi connectivity index (χ2v) is 10.9. The summed E-state index contributed by atoms with van der Waals surface area (Å²) in [5.41, 5.74) is 10.9. The van der Waals surface area contributed by atoms with Crippen LogP contribution in [0, 0.1) is 46.8 Å². The van der Waals surface area contributed by atoms with Crippen molar-refractivity contribution in [1.29, 1.82) is 0 Å². The molecule has 3 heterocycles. The van der Waals surface area contributed by atoms with E-state index in [0.29, 0.717) is 11.5 Å². The summed E-state index contributed by atoms with van der Waals surface area (Å²) in [6.45, 7) is 10.6. The number of hydrogen-bond donors (Lipinski definition) is 0. The van der Waals surface area contributed by atoms with Gasteiger partial charge in [0.2, 0.25) is 0 Å². The van der Waals surface area contributed by atoms with E-state index in [1.54, 1.807) is 0 Å². The number of hydrogen-bond acceptors (Lipinski definition) is 3. The van der Waals surface area contributed by atoms with Gasteiger partial charge in [-0.05, 0) is 86.1 Å². The van der Waals surface area contributed by atoms with Crippen LogP contribution in [-0.4, -0.2) is 19.3 Å². The molecule has 0 saturated heterocycles. The number of aryl methyl sites for hydroxylation is 4. The first-order valence-electron chi connectivity index (χ1n) is 14.1. The van der Waals surface area contributed by atoms with Crippen LogP contribution in [0.5, 0.6) is 11.5 Å². The summed E-state index contributed by atoms with van der Waals surface area (Å²) in [4.78, 5) is 4.68. The first kappa shape index (κ1) is 28.6. The average Bonchev–Trinajstić information content (AvgIpc) is 3.46. The fourth-order valence-corrected chi connectivity index (χ4v) is 6.00. The number of pyridine rings is 1. The molecule has 0 aliphatic rings. The van der Waals surface area contributed by atoms with Crippen molar-refractivity contribution in [2.45, 2.75) is 34.6 Å². The summed E-state index contributed by atoms with van der Waals surface area (Å²) < 4.78 is 10.5. The van der Waals surface area contributed by atoms with Crippen LogP contribution in [0.4, 0.5) is 0 Å². The van der Waals surface area contributed by atoms with Gasteiger partial charge in [0.15, 0.2) is 0 Å². The summed E-state index contributed by atoms with van der Waals surface area (Å²) in [5, 5.41) is 7.16. The summed E-state index contributed by atoms with van der Waals surface area (Å²) in [6, 6.07) is 35.8. The van der Waals surface area contributed by atoms with Gasteiger partial charge in [-0.15, -0.1) is 35.7 Å². The van der Waals surface area contributed by atoms with Gasteiger partial charge in [-0.2, -0.15) is 17.2 Å². The van der Waals surface area contributed by atoms with Crippen molar-refractivity contribution in [1.82, 2.24) is 19.3 Å². The summed E-state index contributed by atoms with van der Waals surface area (Å²) in [6.07, 6.45) is 1.84.